The van der Waals surface area contributed by atoms with Gasteiger partial charge in [0.1, 0.15) is 11.8 Å². The minimum atomic E-state index is -0.632. The largest absolute Gasteiger partial charge is 0.465 e. The standard InChI is InChI=1S/C11H19NO3/c1-2-15-11(14)10(12)8-5-3-4-6-9(13)7-8/h8,10H,2-7,12H2,1H3/t8?,10-/m1/s1. The Hall–Kier alpha value is -0.900. The fourth-order valence-corrected chi connectivity index (χ4v) is 1.96. The Morgan fingerprint density at radius 2 is 2.33 bits per heavy atom. The molecule has 1 fully saturated rings. The van der Waals surface area contributed by atoms with Gasteiger partial charge in [-0.3, -0.25) is 9.59 Å². The van der Waals surface area contributed by atoms with Gasteiger partial charge in [0.15, 0.2) is 0 Å². The van der Waals surface area contributed by atoms with E-state index in [1.165, 1.54) is 0 Å². The second kappa shape index (κ2) is 5.85. The molecule has 2 N–H and O–H groups in total. The molecular weight excluding hydrogens is 194 g/mol. The summed E-state index contributed by atoms with van der Waals surface area (Å²) in [5.74, 6) is -0.187. The topological polar surface area (TPSA) is 69.4 Å². The van der Waals surface area contributed by atoms with Crippen LogP contribution >= 0.6 is 0 Å². The third-order valence-corrected chi connectivity index (χ3v) is 2.84. The number of Topliss-reactive ketones (excluding diaryl/α,β-unsaturated/α-hetero) is 1. The molecule has 0 saturated heterocycles. The van der Waals surface area contributed by atoms with Gasteiger partial charge in [0, 0.05) is 12.8 Å². The van der Waals surface area contributed by atoms with Crippen LogP contribution in [0.2, 0.25) is 0 Å². The first-order valence-electron chi connectivity index (χ1n) is 5.59. The van der Waals surface area contributed by atoms with Crippen LogP contribution in [0.15, 0.2) is 0 Å². The third kappa shape index (κ3) is 3.63. The minimum Gasteiger partial charge on any atom is -0.465 e. The molecule has 0 bridgehead atoms. The number of ketones is 1. The van der Waals surface area contributed by atoms with Crippen molar-refractivity contribution >= 4 is 11.8 Å². The fourth-order valence-electron chi connectivity index (χ4n) is 1.96. The van der Waals surface area contributed by atoms with Crippen LogP contribution in [-0.2, 0) is 14.3 Å². The normalized spacial score (nSPS) is 24.4. The molecule has 0 amide bonds. The van der Waals surface area contributed by atoms with Crippen LogP contribution in [-0.4, -0.2) is 24.4 Å². The van der Waals surface area contributed by atoms with Gasteiger partial charge in [-0.25, -0.2) is 0 Å². The van der Waals surface area contributed by atoms with Crippen LogP contribution in [0, 0.1) is 5.92 Å². The molecule has 0 radical (unpaired) electrons. The number of carbonyl (C=O) groups is 2. The molecule has 4 heteroatoms. The summed E-state index contributed by atoms with van der Waals surface area (Å²) in [7, 11) is 0. The van der Waals surface area contributed by atoms with E-state index in [1.807, 2.05) is 0 Å². The van der Waals surface area contributed by atoms with Crippen molar-refractivity contribution in [1.29, 1.82) is 0 Å². The quantitative estimate of drug-likeness (QED) is 0.561. The van der Waals surface area contributed by atoms with Gasteiger partial charge < -0.3 is 10.5 Å². The summed E-state index contributed by atoms with van der Waals surface area (Å²) < 4.78 is 4.86. The van der Waals surface area contributed by atoms with E-state index in [0.29, 0.717) is 19.4 Å². The third-order valence-electron chi connectivity index (χ3n) is 2.84. The molecule has 86 valence electrons. The summed E-state index contributed by atoms with van der Waals surface area (Å²) in [4.78, 5) is 22.8. The summed E-state index contributed by atoms with van der Waals surface area (Å²) in [6.45, 7) is 2.09. The predicted octanol–water partition coefficient (Wildman–Crippen LogP) is 1.03. The van der Waals surface area contributed by atoms with Gasteiger partial charge in [-0.1, -0.05) is 6.42 Å². The minimum absolute atomic E-state index is 0.0287. The van der Waals surface area contributed by atoms with E-state index in [-0.39, 0.29) is 17.7 Å². The van der Waals surface area contributed by atoms with Gasteiger partial charge in [-0.2, -0.15) is 0 Å². The Labute approximate surface area is 90.2 Å². The van der Waals surface area contributed by atoms with Crippen LogP contribution in [0.4, 0.5) is 0 Å². The first-order chi connectivity index (χ1) is 7.15. The molecule has 0 spiro atoms. The lowest BCUT2D eigenvalue weighted by molar-refractivity contribution is -0.146. The average molecular weight is 213 g/mol. The average Bonchev–Trinajstić information content (AvgIpc) is 2.42. The molecule has 1 aliphatic rings. The van der Waals surface area contributed by atoms with Gasteiger partial charge in [0.2, 0.25) is 0 Å². The molecule has 0 aliphatic heterocycles. The van der Waals surface area contributed by atoms with Crippen molar-refractivity contribution in [3.8, 4) is 0 Å². The molecule has 1 rings (SSSR count). The second-order valence-corrected chi connectivity index (χ2v) is 4.03. The van der Waals surface area contributed by atoms with Crippen molar-refractivity contribution < 1.29 is 14.3 Å². The van der Waals surface area contributed by atoms with E-state index < -0.39 is 6.04 Å². The van der Waals surface area contributed by atoms with E-state index in [4.69, 9.17) is 10.5 Å². The predicted molar refractivity (Wildman–Crippen MR) is 56.2 cm³/mol. The molecule has 1 unspecified atom stereocenters. The van der Waals surface area contributed by atoms with Gasteiger partial charge in [0.05, 0.1) is 6.61 Å². The maximum absolute atomic E-state index is 11.4. The van der Waals surface area contributed by atoms with E-state index in [1.54, 1.807) is 6.92 Å². The summed E-state index contributed by atoms with van der Waals surface area (Å²) >= 11 is 0. The van der Waals surface area contributed by atoms with Gasteiger partial charge in [0.25, 0.3) is 0 Å². The van der Waals surface area contributed by atoms with Crippen molar-refractivity contribution in [2.75, 3.05) is 6.61 Å². The van der Waals surface area contributed by atoms with E-state index in [2.05, 4.69) is 0 Å². The highest BCUT2D eigenvalue weighted by molar-refractivity contribution is 5.81. The summed E-state index contributed by atoms with van der Waals surface area (Å²) in [5.41, 5.74) is 5.78. The number of rotatable bonds is 3. The number of ether oxygens (including phenoxy) is 1. The van der Waals surface area contributed by atoms with Crippen molar-refractivity contribution in [2.45, 2.75) is 45.1 Å². The van der Waals surface area contributed by atoms with Gasteiger partial charge in [-0.15, -0.1) is 0 Å². The van der Waals surface area contributed by atoms with E-state index in [0.717, 1.165) is 19.3 Å². The molecule has 15 heavy (non-hydrogen) atoms. The molecule has 1 aliphatic carbocycles. The lowest BCUT2D eigenvalue weighted by Gasteiger charge is -2.19. The summed E-state index contributed by atoms with van der Waals surface area (Å²) in [5, 5.41) is 0. The zero-order valence-corrected chi connectivity index (χ0v) is 9.20. The monoisotopic (exact) mass is 213 g/mol. The maximum Gasteiger partial charge on any atom is 0.323 e. The maximum atomic E-state index is 11.4. The Kier molecular flexibility index (Phi) is 4.75. The number of nitrogens with two attached hydrogens (primary N) is 1. The highest BCUT2D eigenvalue weighted by Crippen LogP contribution is 2.23. The number of hydrogen-bond donors (Lipinski definition) is 1. The Morgan fingerprint density at radius 3 is 3.00 bits per heavy atom. The van der Waals surface area contributed by atoms with Gasteiger partial charge >= 0.3 is 5.97 Å². The van der Waals surface area contributed by atoms with Crippen molar-refractivity contribution in [2.24, 2.45) is 11.7 Å². The molecule has 0 aromatic heterocycles. The first kappa shape index (κ1) is 12.2. The molecule has 2 atom stereocenters. The molecule has 0 heterocycles. The zero-order valence-electron chi connectivity index (χ0n) is 9.20. The zero-order chi connectivity index (χ0) is 11.3. The van der Waals surface area contributed by atoms with Crippen molar-refractivity contribution in [3.05, 3.63) is 0 Å². The number of esters is 1. The summed E-state index contributed by atoms with van der Waals surface area (Å²) in [6.07, 6.45) is 3.81. The molecular formula is C11H19NO3. The van der Waals surface area contributed by atoms with Crippen LogP contribution in [0.3, 0.4) is 0 Å². The first-order valence-corrected chi connectivity index (χ1v) is 5.59. The fraction of sp³-hybridized carbons (Fsp3) is 0.818. The van der Waals surface area contributed by atoms with Gasteiger partial charge in [-0.05, 0) is 25.7 Å². The highest BCUT2D eigenvalue weighted by atomic mass is 16.5. The molecule has 0 aromatic rings. The second-order valence-electron chi connectivity index (χ2n) is 4.03. The smallest absolute Gasteiger partial charge is 0.323 e. The van der Waals surface area contributed by atoms with Crippen LogP contribution in [0.25, 0.3) is 0 Å². The van der Waals surface area contributed by atoms with E-state index in [9.17, 15) is 9.59 Å². The van der Waals surface area contributed by atoms with Crippen molar-refractivity contribution in [3.63, 3.8) is 0 Å². The molecule has 4 nitrogen and oxygen atoms in total. The van der Waals surface area contributed by atoms with Crippen molar-refractivity contribution in [1.82, 2.24) is 0 Å². The Bertz CT molecular complexity index is 240. The van der Waals surface area contributed by atoms with E-state index >= 15 is 0 Å². The van der Waals surface area contributed by atoms with Crippen LogP contribution < -0.4 is 5.73 Å². The Balaban J connectivity index is 2.52. The lowest BCUT2D eigenvalue weighted by atomic mass is 9.92. The van der Waals surface area contributed by atoms with Crippen LogP contribution in [0.5, 0.6) is 0 Å². The Morgan fingerprint density at radius 1 is 1.60 bits per heavy atom. The molecule has 1 saturated carbocycles. The lowest BCUT2D eigenvalue weighted by Crippen LogP contribution is -2.40. The highest BCUT2D eigenvalue weighted by Gasteiger charge is 2.28. The SMILES string of the molecule is CCOC(=O)[C@H](N)C1CCCCC(=O)C1. The number of hydrogen-bond acceptors (Lipinski definition) is 4. The summed E-state index contributed by atoms with van der Waals surface area (Å²) in [6, 6.07) is -0.632. The molecule has 0 aromatic carbocycles. The number of carbonyl (C=O) groups excluding carboxylic acids is 2. The van der Waals surface area contributed by atoms with Crippen LogP contribution in [0.1, 0.15) is 39.0 Å².